The van der Waals surface area contributed by atoms with Gasteiger partial charge in [-0.2, -0.15) is 0 Å². The third-order valence-electron chi connectivity index (χ3n) is 5.27. The summed E-state index contributed by atoms with van der Waals surface area (Å²) < 4.78 is 0. The molecule has 1 aliphatic carbocycles. The fraction of sp³-hybridized carbons (Fsp3) is 0.882. The maximum absolute atomic E-state index is 12.1. The van der Waals surface area contributed by atoms with Crippen LogP contribution in [0, 0.1) is 11.8 Å². The van der Waals surface area contributed by atoms with Gasteiger partial charge in [0.25, 0.3) is 0 Å². The first-order chi connectivity index (χ1) is 10.7. The summed E-state index contributed by atoms with van der Waals surface area (Å²) in [5.74, 6) is 1.97. The standard InChI is InChI=1S/C17H29N3O2/c21-16-3-1-2-8-20(16)13-15-6-9-19(10-7-15)17(22)12-18-11-14-4-5-14/h14-15,18H,1-13H2. The lowest BCUT2D eigenvalue weighted by Crippen LogP contribution is -2.46. The first-order valence-electron chi connectivity index (χ1n) is 8.98. The molecule has 0 atom stereocenters. The first kappa shape index (κ1) is 15.8. The summed E-state index contributed by atoms with van der Waals surface area (Å²) in [5, 5.41) is 3.28. The van der Waals surface area contributed by atoms with Gasteiger partial charge in [0.05, 0.1) is 6.54 Å². The molecular formula is C17H29N3O2. The monoisotopic (exact) mass is 307 g/mol. The summed E-state index contributed by atoms with van der Waals surface area (Å²) in [6.45, 7) is 5.04. The SMILES string of the molecule is O=C(CNCC1CC1)N1CCC(CN2CCCCC2=O)CC1. The number of hydrogen-bond donors (Lipinski definition) is 1. The van der Waals surface area contributed by atoms with E-state index in [2.05, 4.69) is 5.32 Å². The molecule has 0 unspecified atom stereocenters. The van der Waals surface area contributed by atoms with Crippen molar-refractivity contribution in [3.05, 3.63) is 0 Å². The Morgan fingerprint density at radius 2 is 1.82 bits per heavy atom. The van der Waals surface area contributed by atoms with Gasteiger partial charge >= 0.3 is 0 Å². The van der Waals surface area contributed by atoms with Crippen molar-refractivity contribution in [2.24, 2.45) is 11.8 Å². The van der Waals surface area contributed by atoms with Gasteiger partial charge in [-0.25, -0.2) is 0 Å². The highest BCUT2D eigenvalue weighted by molar-refractivity contribution is 5.78. The first-order valence-corrected chi connectivity index (χ1v) is 8.98. The number of likely N-dealkylation sites (tertiary alicyclic amines) is 2. The molecule has 0 aromatic heterocycles. The molecule has 0 spiro atoms. The number of piperidine rings is 2. The van der Waals surface area contributed by atoms with Crippen LogP contribution in [0.5, 0.6) is 0 Å². The van der Waals surface area contributed by atoms with E-state index in [0.29, 0.717) is 18.4 Å². The Morgan fingerprint density at radius 1 is 1.05 bits per heavy atom. The maximum Gasteiger partial charge on any atom is 0.236 e. The Kier molecular flexibility index (Phi) is 5.34. The Balaban J connectivity index is 1.34. The van der Waals surface area contributed by atoms with Gasteiger partial charge in [0, 0.05) is 32.6 Å². The lowest BCUT2D eigenvalue weighted by Gasteiger charge is -2.36. The van der Waals surface area contributed by atoms with Gasteiger partial charge in [0.2, 0.25) is 11.8 Å². The predicted octanol–water partition coefficient (Wildman–Crippen LogP) is 1.24. The van der Waals surface area contributed by atoms with Gasteiger partial charge in [0.1, 0.15) is 0 Å². The minimum Gasteiger partial charge on any atom is -0.342 e. The van der Waals surface area contributed by atoms with Crippen LogP contribution in [0.4, 0.5) is 0 Å². The lowest BCUT2D eigenvalue weighted by atomic mass is 9.95. The number of amides is 2. The Bertz CT molecular complexity index is 401. The second kappa shape index (κ2) is 7.44. The molecule has 0 aromatic rings. The molecule has 3 rings (SSSR count). The maximum atomic E-state index is 12.1. The van der Waals surface area contributed by atoms with E-state index < -0.39 is 0 Å². The smallest absolute Gasteiger partial charge is 0.236 e. The van der Waals surface area contributed by atoms with Crippen LogP contribution in [0.15, 0.2) is 0 Å². The minimum absolute atomic E-state index is 0.244. The normalized spacial score (nSPS) is 23.9. The molecule has 5 heteroatoms. The van der Waals surface area contributed by atoms with Crippen molar-refractivity contribution < 1.29 is 9.59 Å². The number of nitrogens with one attached hydrogen (secondary N) is 1. The van der Waals surface area contributed by atoms with Crippen LogP contribution in [0.2, 0.25) is 0 Å². The third kappa shape index (κ3) is 4.45. The van der Waals surface area contributed by atoms with Crippen LogP contribution in [-0.4, -0.2) is 60.9 Å². The Labute approximate surface area is 133 Å². The minimum atomic E-state index is 0.244. The van der Waals surface area contributed by atoms with Gasteiger partial charge < -0.3 is 15.1 Å². The zero-order chi connectivity index (χ0) is 15.4. The van der Waals surface area contributed by atoms with Crippen molar-refractivity contribution in [3.63, 3.8) is 0 Å². The largest absolute Gasteiger partial charge is 0.342 e. The number of nitrogens with zero attached hydrogens (tertiary/aromatic N) is 2. The second-order valence-electron chi connectivity index (χ2n) is 7.20. The highest BCUT2D eigenvalue weighted by Crippen LogP contribution is 2.27. The molecule has 124 valence electrons. The van der Waals surface area contributed by atoms with Crippen LogP contribution in [0.25, 0.3) is 0 Å². The zero-order valence-corrected chi connectivity index (χ0v) is 13.6. The van der Waals surface area contributed by atoms with Crippen molar-refractivity contribution in [2.75, 3.05) is 39.3 Å². The highest BCUT2D eigenvalue weighted by Gasteiger charge is 2.27. The summed E-state index contributed by atoms with van der Waals surface area (Å²) in [5.41, 5.74) is 0. The summed E-state index contributed by atoms with van der Waals surface area (Å²) in [6, 6.07) is 0. The van der Waals surface area contributed by atoms with E-state index in [9.17, 15) is 9.59 Å². The number of carbonyl (C=O) groups is 2. The predicted molar refractivity (Wildman–Crippen MR) is 85.3 cm³/mol. The molecule has 1 saturated carbocycles. The number of hydrogen-bond acceptors (Lipinski definition) is 3. The van der Waals surface area contributed by atoms with Crippen LogP contribution >= 0.6 is 0 Å². The van der Waals surface area contributed by atoms with E-state index in [1.54, 1.807) is 0 Å². The van der Waals surface area contributed by atoms with Crippen LogP contribution in [0.3, 0.4) is 0 Å². The van der Waals surface area contributed by atoms with Gasteiger partial charge in [-0.3, -0.25) is 9.59 Å². The molecule has 2 aliphatic heterocycles. The quantitative estimate of drug-likeness (QED) is 0.803. The number of rotatable bonds is 6. The van der Waals surface area contributed by atoms with Gasteiger partial charge in [-0.05, 0) is 56.9 Å². The Hall–Kier alpha value is -1.10. The molecule has 0 radical (unpaired) electrons. The molecule has 3 aliphatic rings. The molecular weight excluding hydrogens is 278 g/mol. The number of carbonyl (C=O) groups excluding carboxylic acids is 2. The van der Waals surface area contributed by atoms with Crippen LogP contribution in [0.1, 0.15) is 44.9 Å². The second-order valence-corrected chi connectivity index (χ2v) is 7.20. The zero-order valence-electron chi connectivity index (χ0n) is 13.6. The summed E-state index contributed by atoms with van der Waals surface area (Å²) in [6.07, 6.45) is 7.65. The van der Waals surface area contributed by atoms with Gasteiger partial charge in [-0.15, -0.1) is 0 Å². The van der Waals surface area contributed by atoms with E-state index >= 15 is 0 Å². The van der Waals surface area contributed by atoms with E-state index in [0.717, 1.165) is 70.7 Å². The van der Waals surface area contributed by atoms with Crippen molar-refractivity contribution in [1.82, 2.24) is 15.1 Å². The molecule has 1 N–H and O–H groups in total. The molecule has 2 heterocycles. The average molecular weight is 307 g/mol. The molecule has 22 heavy (non-hydrogen) atoms. The lowest BCUT2D eigenvalue weighted by molar-refractivity contribution is -0.136. The van der Waals surface area contributed by atoms with Gasteiger partial charge in [-0.1, -0.05) is 0 Å². The summed E-state index contributed by atoms with van der Waals surface area (Å²) >= 11 is 0. The van der Waals surface area contributed by atoms with E-state index in [-0.39, 0.29) is 5.91 Å². The highest BCUT2D eigenvalue weighted by atomic mass is 16.2. The molecule has 5 nitrogen and oxygen atoms in total. The molecule has 2 amide bonds. The average Bonchev–Trinajstić information content (AvgIpc) is 3.34. The van der Waals surface area contributed by atoms with Crippen molar-refractivity contribution in [2.45, 2.75) is 44.9 Å². The fourth-order valence-electron chi connectivity index (χ4n) is 3.55. The van der Waals surface area contributed by atoms with Crippen molar-refractivity contribution in [1.29, 1.82) is 0 Å². The molecule has 0 bridgehead atoms. The third-order valence-corrected chi connectivity index (χ3v) is 5.27. The molecule has 0 aromatic carbocycles. The molecule has 3 fully saturated rings. The van der Waals surface area contributed by atoms with E-state index in [1.807, 2.05) is 9.80 Å². The van der Waals surface area contributed by atoms with Crippen LogP contribution < -0.4 is 5.32 Å². The van der Waals surface area contributed by atoms with E-state index in [4.69, 9.17) is 0 Å². The summed E-state index contributed by atoms with van der Waals surface area (Å²) in [7, 11) is 0. The molecule has 2 saturated heterocycles. The van der Waals surface area contributed by atoms with Crippen molar-refractivity contribution >= 4 is 11.8 Å². The van der Waals surface area contributed by atoms with Crippen molar-refractivity contribution in [3.8, 4) is 0 Å². The summed E-state index contributed by atoms with van der Waals surface area (Å²) in [4.78, 5) is 28.1. The Morgan fingerprint density at radius 3 is 2.50 bits per heavy atom. The topological polar surface area (TPSA) is 52.7 Å². The van der Waals surface area contributed by atoms with E-state index in [1.165, 1.54) is 12.8 Å². The van der Waals surface area contributed by atoms with Crippen LogP contribution in [-0.2, 0) is 9.59 Å². The van der Waals surface area contributed by atoms with Gasteiger partial charge in [0.15, 0.2) is 0 Å². The fourth-order valence-corrected chi connectivity index (χ4v) is 3.55.